The summed E-state index contributed by atoms with van der Waals surface area (Å²) in [6.45, 7) is 10.4. The van der Waals surface area contributed by atoms with Gasteiger partial charge in [0, 0.05) is 19.6 Å². The number of likely N-dealkylation sites (tertiary alicyclic amines) is 1. The summed E-state index contributed by atoms with van der Waals surface area (Å²) in [6, 6.07) is 0. The molecule has 0 radical (unpaired) electrons. The van der Waals surface area contributed by atoms with Crippen LogP contribution in [-0.4, -0.2) is 48.2 Å². The maximum Gasteiger partial charge on any atom is 0.234 e. The van der Waals surface area contributed by atoms with Crippen LogP contribution in [0.4, 0.5) is 0 Å². The van der Waals surface area contributed by atoms with E-state index >= 15 is 0 Å². The van der Waals surface area contributed by atoms with Crippen molar-refractivity contribution in [3.8, 4) is 0 Å². The molecule has 0 aromatic carbocycles. The monoisotopic (exact) mass is 240 g/mol. The van der Waals surface area contributed by atoms with Crippen molar-refractivity contribution in [1.82, 2.24) is 10.2 Å². The van der Waals surface area contributed by atoms with E-state index in [1.807, 2.05) is 0 Å². The van der Waals surface area contributed by atoms with E-state index in [0.717, 1.165) is 25.9 Å². The van der Waals surface area contributed by atoms with Crippen LogP contribution in [0.15, 0.2) is 12.7 Å². The third kappa shape index (κ3) is 5.33. The molecule has 1 unspecified atom stereocenters. The molecule has 4 nitrogen and oxygen atoms in total. The molecule has 17 heavy (non-hydrogen) atoms. The molecule has 1 saturated heterocycles. The highest BCUT2D eigenvalue weighted by atomic mass is 16.3. The van der Waals surface area contributed by atoms with Crippen LogP contribution in [0, 0.1) is 5.41 Å². The Hall–Kier alpha value is -0.870. The number of nitrogens with one attached hydrogen (secondary N) is 1. The molecule has 1 fully saturated rings. The SMILES string of the molecule is C=CCNC(=O)CN1CCC(O)CC(C)(C)C1. The van der Waals surface area contributed by atoms with Crippen LogP contribution >= 0.6 is 0 Å². The van der Waals surface area contributed by atoms with Gasteiger partial charge in [0.25, 0.3) is 0 Å². The van der Waals surface area contributed by atoms with Crippen LogP contribution < -0.4 is 5.32 Å². The Kier molecular flexibility index (Phi) is 5.15. The zero-order valence-electron chi connectivity index (χ0n) is 10.9. The standard InChI is InChI=1S/C13H24N2O2/c1-4-6-14-12(17)9-15-7-5-11(16)8-13(2,3)10-15/h4,11,16H,1,5-10H2,2-3H3,(H,14,17). The van der Waals surface area contributed by atoms with Gasteiger partial charge in [0.1, 0.15) is 0 Å². The second kappa shape index (κ2) is 6.17. The average molecular weight is 240 g/mol. The van der Waals surface area contributed by atoms with E-state index in [2.05, 4.69) is 30.6 Å². The molecule has 0 bridgehead atoms. The van der Waals surface area contributed by atoms with Crippen molar-refractivity contribution in [2.45, 2.75) is 32.8 Å². The first-order valence-electron chi connectivity index (χ1n) is 6.21. The molecule has 1 aliphatic rings. The summed E-state index contributed by atoms with van der Waals surface area (Å²) in [5, 5.41) is 12.6. The second-order valence-electron chi connectivity index (χ2n) is 5.61. The van der Waals surface area contributed by atoms with Gasteiger partial charge < -0.3 is 10.4 Å². The number of nitrogens with zero attached hydrogens (tertiary/aromatic N) is 1. The van der Waals surface area contributed by atoms with Crippen molar-refractivity contribution in [1.29, 1.82) is 0 Å². The first-order valence-corrected chi connectivity index (χ1v) is 6.21. The highest BCUT2D eigenvalue weighted by Gasteiger charge is 2.29. The Morgan fingerprint density at radius 2 is 2.35 bits per heavy atom. The van der Waals surface area contributed by atoms with Gasteiger partial charge in [0.05, 0.1) is 12.6 Å². The Morgan fingerprint density at radius 1 is 1.65 bits per heavy atom. The Balaban J connectivity index is 2.47. The fourth-order valence-corrected chi connectivity index (χ4v) is 2.40. The molecule has 1 heterocycles. The van der Waals surface area contributed by atoms with E-state index < -0.39 is 0 Å². The first-order chi connectivity index (χ1) is 7.93. The predicted molar refractivity (Wildman–Crippen MR) is 68.7 cm³/mol. The van der Waals surface area contributed by atoms with Crippen LogP contribution in [0.5, 0.6) is 0 Å². The van der Waals surface area contributed by atoms with Crippen molar-refractivity contribution in [2.24, 2.45) is 5.41 Å². The van der Waals surface area contributed by atoms with Crippen LogP contribution in [0.3, 0.4) is 0 Å². The van der Waals surface area contributed by atoms with Gasteiger partial charge in [0.2, 0.25) is 5.91 Å². The van der Waals surface area contributed by atoms with Crippen molar-refractivity contribution in [3.05, 3.63) is 12.7 Å². The molecule has 0 spiro atoms. The highest BCUT2D eigenvalue weighted by molar-refractivity contribution is 5.78. The molecule has 1 rings (SSSR count). The lowest BCUT2D eigenvalue weighted by atomic mass is 9.87. The highest BCUT2D eigenvalue weighted by Crippen LogP contribution is 2.27. The average Bonchev–Trinajstić information content (AvgIpc) is 2.33. The number of amides is 1. The minimum atomic E-state index is -0.244. The van der Waals surface area contributed by atoms with Gasteiger partial charge in [-0.1, -0.05) is 19.9 Å². The van der Waals surface area contributed by atoms with E-state index in [-0.39, 0.29) is 17.4 Å². The lowest BCUT2D eigenvalue weighted by Gasteiger charge is -2.29. The van der Waals surface area contributed by atoms with Crippen LogP contribution in [-0.2, 0) is 4.79 Å². The first kappa shape index (κ1) is 14.2. The number of hydrogen-bond acceptors (Lipinski definition) is 3. The summed E-state index contributed by atoms with van der Waals surface area (Å²) in [7, 11) is 0. The molecule has 0 aliphatic carbocycles. The molecule has 1 atom stereocenters. The lowest BCUT2D eigenvalue weighted by Crippen LogP contribution is -2.40. The number of aliphatic hydroxyl groups excluding tert-OH is 1. The van der Waals surface area contributed by atoms with Crippen molar-refractivity contribution in [3.63, 3.8) is 0 Å². The fraction of sp³-hybridized carbons (Fsp3) is 0.769. The molecule has 0 saturated carbocycles. The van der Waals surface area contributed by atoms with Gasteiger partial charge in [-0.15, -0.1) is 6.58 Å². The van der Waals surface area contributed by atoms with E-state index in [1.165, 1.54) is 0 Å². The van der Waals surface area contributed by atoms with E-state index in [9.17, 15) is 9.90 Å². The predicted octanol–water partition coefficient (Wildman–Crippen LogP) is 0.771. The van der Waals surface area contributed by atoms with Gasteiger partial charge >= 0.3 is 0 Å². The summed E-state index contributed by atoms with van der Waals surface area (Å²) in [6.07, 6.45) is 2.98. The van der Waals surface area contributed by atoms with Gasteiger partial charge in [-0.05, 0) is 18.3 Å². The molecule has 98 valence electrons. The molecule has 1 aliphatic heterocycles. The topological polar surface area (TPSA) is 52.6 Å². The smallest absolute Gasteiger partial charge is 0.234 e. The summed E-state index contributed by atoms with van der Waals surface area (Å²) in [5.41, 5.74) is 0.0641. The van der Waals surface area contributed by atoms with Gasteiger partial charge in [-0.3, -0.25) is 9.69 Å². The quantitative estimate of drug-likeness (QED) is 0.714. The van der Waals surface area contributed by atoms with Gasteiger partial charge in [-0.25, -0.2) is 0 Å². The summed E-state index contributed by atoms with van der Waals surface area (Å²) in [4.78, 5) is 13.7. The van der Waals surface area contributed by atoms with Crippen LogP contribution in [0.25, 0.3) is 0 Å². The maximum absolute atomic E-state index is 11.6. The van der Waals surface area contributed by atoms with Gasteiger partial charge in [-0.2, -0.15) is 0 Å². The summed E-state index contributed by atoms with van der Waals surface area (Å²) < 4.78 is 0. The maximum atomic E-state index is 11.6. The molecular formula is C13H24N2O2. The lowest BCUT2D eigenvalue weighted by molar-refractivity contribution is -0.122. The van der Waals surface area contributed by atoms with E-state index in [0.29, 0.717) is 13.1 Å². The third-order valence-corrected chi connectivity index (χ3v) is 3.03. The molecule has 4 heteroatoms. The summed E-state index contributed by atoms with van der Waals surface area (Å²) in [5.74, 6) is 0.0251. The third-order valence-electron chi connectivity index (χ3n) is 3.03. The molecule has 0 aromatic rings. The van der Waals surface area contributed by atoms with Crippen molar-refractivity contribution >= 4 is 5.91 Å². The summed E-state index contributed by atoms with van der Waals surface area (Å²) >= 11 is 0. The number of rotatable bonds is 4. The minimum Gasteiger partial charge on any atom is -0.393 e. The Morgan fingerprint density at radius 3 is 3.00 bits per heavy atom. The number of carbonyl (C=O) groups excluding carboxylic acids is 1. The van der Waals surface area contributed by atoms with Crippen molar-refractivity contribution in [2.75, 3.05) is 26.2 Å². The molecule has 2 N–H and O–H groups in total. The minimum absolute atomic E-state index is 0.0251. The van der Waals surface area contributed by atoms with Crippen LogP contribution in [0.2, 0.25) is 0 Å². The number of aliphatic hydroxyl groups is 1. The largest absolute Gasteiger partial charge is 0.393 e. The van der Waals surface area contributed by atoms with Gasteiger partial charge in [0.15, 0.2) is 0 Å². The number of hydrogen-bond donors (Lipinski definition) is 2. The Labute approximate surface area is 104 Å². The van der Waals surface area contributed by atoms with E-state index in [1.54, 1.807) is 6.08 Å². The second-order valence-corrected chi connectivity index (χ2v) is 5.61. The molecular weight excluding hydrogens is 216 g/mol. The molecule has 0 aromatic heterocycles. The molecule has 1 amide bonds. The fourth-order valence-electron chi connectivity index (χ4n) is 2.40. The van der Waals surface area contributed by atoms with Crippen LogP contribution in [0.1, 0.15) is 26.7 Å². The zero-order valence-corrected chi connectivity index (χ0v) is 10.9. The zero-order chi connectivity index (χ0) is 12.9. The van der Waals surface area contributed by atoms with E-state index in [4.69, 9.17) is 0 Å². The normalized spacial score (nSPS) is 25.0. The Bertz CT molecular complexity index is 277. The van der Waals surface area contributed by atoms with Crippen molar-refractivity contribution < 1.29 is 9.90 Å². The number of carbonyl (C=O) groups is 1.